The monoisotopic (exact) mass is 406 g/mol. The number of rotatable bonds is 5. The molecule has 27 heavy (non-hydrogen) atoms. The highest BCUT2D eigenvalue weighted by molar-refractivity contribution is 8.02. The third-order valence-electron chi connectivity index (χ3n) is 4.73. The molecule has 2 heterocycles. The van der Waals surface area contributed by atoms with Gasteiger partial charge in [0, 0.05) is 17.3 Å². The minimum absolute atomic E-state index is 0.250. The van der Waals surface area contributed by atoms with Gasteiger partial charge in [0.15, 0.2) is 0 Å². The zero-order valence-corrected chi connectivity index (χ0v) is 17.5. The minimum atomic E-state index is -0.879. The van der Waals surface area contributed by atoms with E-state index in [1.165, 1.54) is 47.5 Å². The lowest BCUT2D eigenvalue weighted by Gasteiger charge is -2.16. The number of carbonyl (C=O) groups is 1. The Balaban J connectivity index is 0.000000659. The quantitative estimate of drug-likeness (QED) is 0.517. The smallest absolute Gasteiger partial charge is 0.204 e. The summed E-state index contributed by atoms with van der Waals surface area (Å²) in [7, 11) is 0. The first kappa shape index (κ1) is 20.1. The van der Waals surface area contributed by atoms with Gasteiger partial charge in [0.25, 0.3) is 0 Å². The average molecular weight is 407 g/mol. The van der Waals surface area contributed by atoms with Crippen LogP contribution >= 0.6 is 23.3 Å². The van der Waals surface area contributed by atoms with E-state index in [0.717, 1.165) is 22.1 Å². The molecule has 8 heteroatoms. The number of carbonyl (C=O) groups excluding carboxylic acids is 1. The zero-order valence-electron chi connectivity index (χ0n) is 15.9. The number of aromatic nitrogens is 2. The van der Waals surface area contributed by atoms with Gasteiger partial charge in [0.05, 0.1) is 11.9 Å². The van der Waals surface area contributed by atoms with Gasteiger partial charge in [-0.15, -0.1) is 11.3 Å². The molecule has 1 amide bonds. The molecule has 6 nitrogen and oxygen atoms in total. The molecule has 0 atom stereocenters. The number of thiazole rings is 1. The molecule has 2 aliphatic carbocycles. The van der Waals surface area contributed by atoms with Gasteiger partial charge >= 0.3 is 0 Å². The summed E-state index contributed by atoms with van der Waals surface area (Å²) in [5, 5.41) is 10.8. The van der Waals surface area contributed by atoms with Crippen LogP contribution in [0.4, 0.5) is 5.69 Å². The van der Waals surface area contributed by atoms with Crippen molar-refractivity contribution in [3.63, 3.8) is 0 Å². The largest absolute Gasteiger partial charge is 0.383 e. The second-order valence-electron chi connectivity index (χ2n) is 7.43. The maximum absolute atomic E-state index is 10.1. The van der Waals surface area contributed by atoms with Crippen LogP contribution in [-0.2, 0) is 23.2 Å². The van der Waals surface area contributed by atoms with E-state index in [4.69, 9.17) is 9.78 Å². The molecule has 1 saturated carbocycles. The summed E-state index contributed by atoms with van der Waals surface area (Å²) in [5.74, 6) is 0.673. The molecule has 0 saturated heterocycles. The first-order valence-electron chi connectivity index (χ1n) is 9.14. The summed E-state index contributed by atoms with van der Waals surface area (Å²) in [6.07, 6.45) is 8.09. The number of amides is 1. The van der Waals surface area contributed by atoms with Crippen LogP contribution in [0.5, 0.6) is 0 Å². The van der Waals surface area contributed by atoms with Crippen molar-refractivity contribution < 1.29 is 9.90 Å². The maximum Gasteiger partial charge on any atom is 0.204 e. The van der Waals surface area contributed by atoms with E-state index in [9.17, 15) is 5.11 Å². The second-order valence-corrected chi connectivity index (χ2v) is 9.57. The fourth-order valence-electron chi connectivity index (χ4n) is 3.29. The third kappa shape index (κ3) is 4.62. The molecule has 0 bridgehead atoms. The Morgan fingerprint density at radius 3 is 2.70 bits per heavy atom. The number of nitrogens with one attached hydrogen (secondary N) is 1. The van der Waals surface area contributed by atoms with E-state index in [2.05, 4.69) is 22.4 Å². The van der Waals surface area contributed by atoms with E-state index in [0.29, 0.717) is 5.92 Å². The van der Waals surface area contributed by atoms with E-state index < -0.39 is 5.60 Å². The van der Waals surface area contributed by atoms with Crippen molar-refractivity contribution in [2.45, 2.75) is 68.6 Å². The van der Waals surface area contributed by atoms with Crippen LogP contribution in [0.25, 0.3) is 0 Å². The van der Waals surface area contributed by atoms with E-state index in [1.807, 2.05) is 6.20 Å². The van der Waals surface area contributed by atoms with Gasteiger partial charge in [-0.25, -0.2) is 4.98 Å². The van der Waals surface area contributed by atoms with Crippen molar-refractivity contribution in [2.75, 3.05) is 4.72 Å². The summed E-state index contributed by atoms with van der Waals surface area (Å²) in [6, 6.07) is 0. The fraction of sp³-hybridized carbons (Fsp3) is 0.526. The van der Waals surface area contributed by atoms with Crippen molar-refractivity contribution in [3.8, 4) is 0 Å². The minimum Gasteiger partial charge on any atom is -0.383 e. The number of nitrogens with zero attached hydrogens (tertiary/aromatic N) is 2. The van der Waals surface area contributed by atoms with Gasteiger partial charge in [0.2, 0.25) is 6.41 Å². The van der Waals surface area contributed by atoms with Crippen molar-refractivity contribution in [1.29, 1.82) is 0 Å². The summed E-state index contributed by atoms with van der Waals surface area (Å²) < 4.78 is 4.66. The molecule has 2 aromatic rings. The van der Waals surface area contributed by atoms with Gasteiger partial charge in [0.1, 0.15) is 14.8 Å². The Morgan fingerprint density at radius 1 is 1.41 bits per heavy atom. The molecule has 4 rings (SSSR count). The number of aliphatic hydroxyl groups is 1. The lowest BCUT2D eigenvalue weighted by Crippen LogP contribution is -2.14. The Labute approximate surface area is 168 Å². The van der Waals surface area contributed by atoms with Crippen LogP contribution in [0.3, 0.4) is 0 Å². The highest BCUT2D eigenvalue weighted by Crippen LogP contribution is 2.45. The Hall–Kier alpha value is -1.64. The Bertz CT molecular complexity index is 826. The van der Waals surface area contributed by atoms with Gasteiger partial charge in [-0.2, -0.15) is 0 Å². The second kappa shape index (κ2) is 8.16. The molecule has 2 aromatic heterocycles. The Kier molecular flexibility index (Phi) is 6.08. The highest BCUT2D eigenvalue weighted by atomic mass is 32.2. The molecule has 0 aromatic carbocycles. The number of primary amides is 1. The molecule has 1 fully saturated rings. The molecule has 146 valence electrons. The first-order valence-corrected chi connectivity index (χ1v) is 10.8. The molecule has 4 N–H and O–H groups in total. The van der Waals surface area contributed by atoms with Crippen LogP contribution in [0.15, 0.2) is 10.4 Å². The van der Waals surface area contributed by atoms with Crippen molar-refractivity contribution in [1.82, 2.24) is 9.97 Å². The summed E-state index contributed by atoms with van der Waals surface area (Å²) >= 11 is 3.14. The van der Waals surface area contributed by atoms with Gasteiger partial charge < -0.3 is 15.6 Å². The summed E-state index contributed by atoms with van der Waals surface area (Å²) in [4.78, 5) is 17.9. The summed E-state index contributed by atoms with van der Waals surface area (Å²) in [5.41, 5.74) is 9.88. The number of hydrogen-bond donors (Lipinski definition) is 3. The average Bonchev–Trinajstić information content (AvgIpc) is 3.13. The lowest BCUT2D eigenvalue weighted by atomic mass is 10.0. The lowest BCUT2D eigenvalue weighted by molar-refractivity contribution is -0.106. The van der Waals surface area contributed by atoms with Crippen molar-refractivity contribution in [3.05, 3.63) is 33.7 Å². The van der Waals surface area contributed by atoms with Gasteiger partial charge in [-0.3, -0.25) is 9.78 Å². The highest BCUT2D eigenvalue weighted by Gasteiger charge is 2.31. The van der Waals surface area contributed by atoms with Crippen LogP contribution in [-0.4, -0.2) is 21.5 Å². The topological polar surface area (TPSA) is 101 Å². The van der Waals surface area contributed by atoms with Gasteiger partial charge in [-0.1, -0.05) is 0 Å². The zero-order chi connectivity index (χ0) is 19.6. The van der Waals surface area contributed by atoms with Gasteiger partial charge in [-0.05, 0) is 76.0 Å². The molecule has 0 radical (unpaired) electrons. The predicted octanol–water partition coefficient (Wildman–Crippen LogP) is 3.66. The van der Waals surface area contributed by atoms with E-state index in [-0.39, 0.29) is 6.41 Å². The van der Waals surface area contributed by atoms with Crippen LogP contribution in [0.1, 0.15) is 66.6 Å². The molecular formula is C19H26N4O2S2. The van der Waals surface area contributed by atoms with Crippen LogP contribution in [0.2, 0.25) is 0 Å². The number of anilines is 1. The van der Waals surface area contributed by atoms with Crippen LogP contribution < -0.4 is 10.5 Å². The normalized spacial score (nSPS) is 15.7. The number of nitrogens with two attached hydrogens (primary N) is 1. The molecule has 0 spiro atoms. The Morgan fingerprint density at radius 2 is 2.11 bits per heavy atom. The SMILES string of the molecule is Cc1c(C2CC2)nc2c(c1NSc1cnc(C(C)(C)O)s1)CCC2.NC=O. The number of hydrogen-bond acceptors (Lipinski definition) is 7. The molecule has 2 aliphatic rings. The number of fused-ring (bicyclic) bond motifs is 1. The van der Waals surface area contributed by atoms with Crippen molar-refractivity contribution in [2.24, 2.45) is 5.73 Å². The predicted molar refractivity (Wildman–Crippen MR) is 110 cm³/mol. The van der Waals surface area contributed by atoms with Crippen LogP contribution in [0, 0.1) is 6.92 Å². The van der Waals surface area contributed by atoms with E-state index in [1.54, 1.807) is 37.1 Å². The molecular weight excluding hydrogens is 380 g/mol. The molecule has 0 aliphatic heterocycles. The number of aryl methyl sites for hydroxylation is 1. The summed E-state index contributed by atoms with van der Waals surface area (Å²) in [6.45, 7) is 5.75. The fourth-order valence-corrected chi connectivity index (χ4v) is 5.05. The van der Waals surface area contributed by atoms with Crippen molar-refractivity contribution >= 4 is 35.4 Å². The standard InChI is InChI=1S/C18H23N3OS2.CH3NO/c1-10-15(11-7-8-11)20-13-6-4-5-12(13)16(10)21-24-14-9-19-17(23-14)18(2,3)22;2-1-3/h9,11,22H,4-8H2,1-3H3,(H,20,21);1H,(H2,2,3). The van der Waals surface area contributed by atoms with E-state index >= 15 is 0 Å². The third-order valence-corrected chi connectivity index (χ3v) is 6.95. The first-order chi connectivity index (χ1) is 12.8. The number of pyridine rings is 1. The molecule has 0 unspecified atom stereocenters. The maximum atomic E-state index is 10.1.